The van der Waals surface area contributed by atoms with Crippen LogP contribution in [-0.2, 0) is 6.54 Å². The van der Waals surface area contributed by atoms with E-state index in [0.717, 1.165) is 23.3 Å². The second-order valence-corrected chi connectivity index (χ2v) is 6.43. The number of benzene rings is 3. The lowest BCUT2D eigenvalue weighted by Crippen LogP contribution is -2.05. The Morgan fingerprint density at radius 1 is 1.00 bits per heavy atom. The predicted molar refractivity (Wildman–Crippen MR) is 112 cm³/mol. The molecule has 0 radical (unpaired) electrons. The predicted octanol–water partition coefficient (Wildman–Crippen LogP) is 5.07. The molecule has 0 saturated carbocycles. The Hall–Kier alpha value is -3.98. The molecule has 0 aromatic heterocycles. The number of hydrogen-bond acceptors (Lipinski definition) is 7. The lowest BCUT2D eigenvalue weighted by Gasteiger charge is -2.06. The van der Waals surface area contributed by atoms with Crippen LogP contribution in [0.1, 0.15) is 11.1 Å². The Bertz CT molecular complexity index is 1100. The zero-order valence-corrected chi connectivity index (χ0v) is 16.2. The molecule has 0 saturated heterocycles. The Morgan fingerprint density at radius 3 is 2.40 bits per heavy atom. The molecule has 3 aromatic carbocycles. The molecule has 10 heteroatoms. The quantitative estimate of drug-likeness (QED) is 0.305. The van der Waals surface area contributed by atoms with Crippen LogP contribution in [0.3, 0.4) is 0 Å². The summed E-state index contributed by atoms with van der Waals surface area (Å²) in [5.41, 5.74) is 3.72. The number of nitrogens with zero attached hydrogens (tertiary/aromatic N) is 3. The van der Waals surface area contributed by atoms with E-state index in [1.807, 2.05) is 18.2 Å². The van der Waals surface area contributed by atoms with E-state index < -0.39 is 15.5 Å². The molecular formula is C20H15ClN4O5. The van der Waals surface area contributed by atoms with Crippen LogP contribution in [0.5, 0.6) is 11.5 Å². The molecule has 3 rings (SSSR count). The van der Waals surface area contributed by atoms with Gasteiger partial charge in [-0.1, -0.05) is 29.8 Å². The number of non-ortho nitro benzene ring substituents is 1. The van der Waals surface area contributed by atoms with Gasteiger partial charge >= 0.3 is 5.69 Å². The molecule has 30 heavy (non-hydrogen) atoms. The lowest BCUT2D eigenvalue weighted by atomic mass is 10.2. The Morgan fingerprint density at radius 2 is 1.73 bits per heavy atom. The number of hydrogen-bond donors (Lipinski definition) is 1. The molecule has 0 unspecified atom stereocenters. The number of nitrogens with one attached hydrogen (secondary N) is 1. The molecule has 152 valence electrons. The first-order chi connectivity index (χ1) is 14.4. The monoisotopic (exact) mass is 426 g/mol. The van der Waals surface area contributed by atoms with Gasteiger partial charge in [-0.2, -0.15) is 5.10 Å². The molecule has 0 aliphatic carbocycles. The highest BCUT2D eigenvalue weighted by atomic mass is 35.5. The molecule has 0 spiro atoms. The van der Waals surface area contributed by atoms with E-state index >= 15 is 0 Å². The van der Waals surface area contributed by atoms with E-state index in [9.17, 15) is 20.2 Å². The van der Waals surface area contributed by atoms with Gasteiger partial charge in [0.05, 0.1) is 28.7 Å². The van der Waals surface area contributed by atoms with Gasteiger partial charge in [0.2, 0.25) is 5.75 Å². The number of hydrazone groups is 1. The lowest BCUT2D eigenvalue weighted by molar-refractivity contribution is -0.394. The molecule has 0 atom stereocenters. The summed E-state index contributed by atoms with van der Waals surface area (Å²) < 4.78 is 5.52. The highest BCUT2D eigenvalue weighted by Gasteiger charge is 2.21. The van der Waals surface area contributed by atoms with Crippen LogP contribution in [0.4, 0.5) is 11.4 Å². The molecule has 1 N–H and O–H groups in total. The van der Waals surface area contributed by atoms with E-state index in [1.54, 1.807) is 36.5 Å². The van der Waals surface area contributed by atoms with Crippen LogP contribution < -0.4 is 10.2 Å². The summed E-state index contributed by atoms with van der Waals surface area (Å²) in [5.74, 6) is 0.251. The maximum atomic E-state index is 11.2. The van der Waals surface area contributed by atoms with E-state index in [4.69, 9.17) is 16.3 Å². The van der Waals surface area contributed by atoms with Crippen LogP contribution >= 0.6 is 11.6 Å². The number of rotatable bonds is 8. The molecular weight excluding hydrogens is 412 g/mol. The van der Waals surface area contributed by atoms with Gasteiger partial charge in [-0.05, 0) is 47.5 Å². The SMILES string of the molecule is O=[N+]([O-])c1ccc(Oc2ccc(/C=N\NCc3ccccc3Cl)cc2)c([N+](=O)[O-])c1. The van der Waals surface area contributed by atoms with Crippen molar-refractivity contribution in [3.05, 3.63) is 103 Å². The third-order valence-corrected chi connectivity index (χ3v) is 4.36. The first-order valence-electron chi connectivity index (χ1n) is 8.64. The fraction of sp³-hybridized carbons (Fsp3) is 0.0500. The van der Waals surface area contributed by atoms with Gasteiger partial charge in [0.25, 0.3) is 5.69 Å². The first-order valence-corrected chi connectivity index (χ1v) is 9.02. The summed E-state index contributed by atoms with van der Waals surface area (Å²) in [7, 11) is 0. The molecule has 0 heterocycles. The molecule has 9 nitrogen and oxygen atoms in total. The molecule has 3 aromatic rings. The van der Waals surface area contributed by atoms with Gasteiger partial charge in [-0.3, -0.25) is 20.2 Å². The van der Waals surface area contributed by atoms with Crippen LogP contribution in [0, 0.1) is 20.2 Å². The zero-order chi connectivity index (χ0) is 21.5. The normalized spacial score (nSPS) is 10.7. The third kappa shape index (κ3) is 5.30. The van der Waals surface area contributed by atoms with Crippen molar-refractivity contribution in [3.8, 4) is 11.5 Å². The van der Waals surface area contributed by atoms with Gasteiger partial charge in [-0.15, -0.1) is 0 Å². The minimum Gasteiger partial charge on any atom is -0.450 e. The van der Waals surface area contributed by atoms with Crippen molar-refractivity contribution in [2.75, 3.05) is 0 Å². The summed E-state index contributed by atoms with van der Waals surface area (Å²) in [4.78, 5) is 20.6. The minimum absolute atomic E-state index is 0.0894. The van der Waals surface area contributed by atoms with Crippen LogP contribution in [0.2, 0.25) is 5.02 Å². The highest BCUT2D eigenvalue weighted by Crippen LogP contribution is 2.34. The summed E-state index contributed by atoms with van der Waals surface area (Å²) in [6.45, 7) is 0.473. The van der Waals surface area contributed by atoms with Gasteiger partial charge in [0.1, 0.15) is 5.75 Å². The smallest absolute Gasteiger partial charge is 0.318 e. The molecule has 0 aliphatic rings. The number of nitro benzene ring substituents is 2. The van der Waals surface area contributed by atoms with Crippen LogP contribution in [-0.4, -0.2) is 16.1 Å². The van der Waals surface area contributed by atoms with Gasteiger partial charge in [0, 0.05) is 11.1 Å². The summed E-state index contributed by atoms with van der Waals surface area (Å²) >= 11 is 6.08. The number of halogens is 1. The number of ether oxygens (including phenoxy) is 1. The van der Waals surface area contributed by atoms with Crippen molar-refractivity contribution in [3.63, 3.8) is 0 Å². The van der Waals surface area contributed by atoms with E-state index in [0.29, 0.717) is 17.3 Å². The van der Waals surface area contributed by atoms with Gasteiger partial charge in [0.15, 0.2) is 0 Å². The second kappa shape index (κ2) is 9.48. The second-order valence-electron chi connectivity index (χ2n) is 6.02. The summed E-state index contributed by atoms with van der Waals surface area (Å²) in [6, 6.07) is 17.3. The topological polar surface area (TPSA) is 120 Å². The van der Waals surface area contributed by atoms with Crippen molar-refractivity contribution >= 4 is 29.2 Å². The number of nitro groups is 2. The van der Waals surface area contributed by atoms with Crippen LogP contribution in [0.15, 0.2) is 71.8 Å². The van der Waals surface area contributed by atoms with E-state index in [2.05, 4.69) is 10.5 Å². The van der Waals surface area contributed by atoms with Gasteiger partial charge in [-0.25, -0.2) is 0 Å². The summed E-state index contributed by atoms with van der Waals surface area (Å²) in [5, 5.41) is 26.8. The Kier molecular flexibility index (Phi) is 6.56. The molecule has 0 aliphatic heterocycles. The molecule has 0 amide bonds. The average molecular weight is 427 g/mol. The molecule has 0 fully saturated rings. The van der Waals surface area contributed by atoms with Crippen molar-refractivity contribution in [1.29, 1.82) is 0 Å². The fourth-order valence-corrected chi connectivity index (χ4v) is 2.69. The van der Waals surface area contributed by atoms with Crippen molar-refractivity contribution in [2.45, 2.75) is 6.54 Å². The van der Waals surface area contributed by atoms with Crippen molar-refractivity contribution in [2.24, 2.45) is 5.10 Å². The molecule has 0 bridgehead atoms. The largest absolute Gasteiger partial charge is 0.450 e. The highest BCUT2D eigenvalue weighted by molar-refractivity contribution is 6.31. The van der Waals surface area contributed by atoms with Crippen molar-refractivity contribution < 1.29 is 14.6 Å². The Balaban J connectivity index is 1.64. The fourth-order valence-electron chi connectivity index (χ4n) is 2.49. The zero-order valence-electron chi connectivity index (χ0n) is 15.4. The minimum atomic E-state index is -0.728. The van der Waals surface area contributed by atoms with E-state index in [1.165, 1.54) is 6.07 Å². The third-order valence-electron chi connectivity index (χ3n) is 3.99. The summed E-state index contributed by atoms with van der Waals surface area (Å²) in [6.07, 6.45) is 1.61. The first kappa shape index (κ1) is 20.7. The van der Waals surface area contributed by atoms with Crippen LogP contribution in [0.25, 0.3) is 0 Å². The maximum absolute atomic E-state index is 11.2. The standard InChI is InChI=1S/C20H15ClN4O5/c21-18-4-2-1-3-15(18)13-23-22-12-14-5-8-17(9-6-14)30-20-10-7-16(24(26)27)11-19(20)25(28)29/h1-12,23H,13H2/b22-12-. The van der Waals surface area contributed by atoms with Crippen molar-refractivity contribution in [1.82, 2.24) is 5.43 Å². The Labute approximate surface area is 175 Å². The van der Waals surface area contributed by atoms with Gasteiger partial charge < -0.3 is 10.2 Å². The maximum Gasteiger partial charge on any atom is 0.318 e. The average Bonchev–Trinajstić information content (AvgIpc) is 2.73. The van der Waals surface area contributed by atoms with E-state index in [-0.39, 0.29) is 11.4 Å².